The minimum atomic E-state index is -0.508. The molecule has 1 aliphatic carbocycles. The van der Waals surface area contributed by atoms with Gasteiger partial charge in [-0.15, -0.1) is 12.4 Å². The Bertz CT molecular complexity index is 666. The van der Waals surface area contributed by atoms with E-state index in [1.165, 1.54) is 26.4 Å². The Balaban J connectivity index is 0.00000261. The summed E-state index contributed by atoms with van der Waals surface area (Å²) in [5.41, 5.74) is 1.06. The second-order valence-corrected chi connectivity index (χ2v) is 6.93. The molecule has 0 radical (unpaired) electrons. The van der Waals surface area contributed by atoms with E-state index >= 15 is 0 Å². The maximum atomic E-state index is 12.5. The number of fused-ring (bicyclic) bond motifs is 1. The Kier molecular flexibility index (Phi) is 7.62. The molecular weight excluding hydrogens is 370 g/mol. The van der Waals surface area contributed by atoms with Gasteiger partial charge in [0.25, 0.3) is 5.91 Å². The number of nitrogens with one attached hydrogen (secondary N) is 3. The highest BCUT2D eigenvalue weighted by molar-refractivity contribution is 5.98. The lowest BCUT2D eigenvalue weighted by Crippen LogP contribution is -2.39. The van der Waals surface area contributed by atoms with Crippen LogP contribution in [0.2, 0.25) is 0 Å². The van der Waals surface area contributed by atoms with Gasteiger partial charge < -0.3 is 20.7 Å². The first kappa shape index (κ1) is 21.2. The molecule has 148 valence electrons. The third-order valence-corrected chi connectivity index (χ3v) is 5.21. The number of rotatable bonds is 5. The van der Waals surface area contributed by atoms with Gasteiger partial charge in [0.05, 0.1) is 13.2 Å². The summed E-state index contributed by atoms with van der Waals surface area (Å²) in [4.78, 5) is 35.5. The van der Waals surface area contributed by atoms with Crippen LogP contribution in [0.25, 0.3) is 0 Å². The molecule has 8 heteroatoms. The molecular formula is C19H26ClN3O4. The molecule has 7 nitrogen and oxygen atoms in total. The Morgan fingerprint density at radius 2 is 1.85 bits per heavy atom. The number of benzene rings is 1. The first-order chi connectivity index (χ1) is 12.6. The van der Waals surface area contributed by atoms with Crippen LogP contribution in [0.3, 0.4) is 0 Å². The van der Waals surface area contributed by atoms with E-state index in [4.69, 9.17) is 0 Å². The number of carbonyl (C=O) groups excluding carboxylic acids is 3. The molecule has 1 aromatic carbocycles. The van der Waals surface area contributed by atoms with E-state index < -0.39 is 5.97 Å². The fourth-order valence-electron chi connectivity index (χ4n) is 3.78. The van der Waals surface area contributed by atoms with Crippen molar-refractivity contribution in [2.45, 2.75) is 44.2 Å². The Hall–Kier alpha value is -2.12. The van der Waals surface area contributed by atoms with Gasteiger partial charge in [-0.25, -0.2) is 0 Å². The van der Waals surface area contributed by atoms with Gasteiger partial charge in [-0.3, -0.25) is 14.4 Å². The summed E-state index contributed by atoms with van der Waals surface area (Å²) in [5.74, 6) is -0.288. The molecule has 27 heavy (non-hydrogen) atoms. The Labute approximate surface area is 165 Å². The van der Waals surface area contributed by atoms with Crippen LogP contribution in [0.4, 0.5) is 5.69 Å². The van der Waals surface area contributed by atoms with Crippen molar-refractivity contribution >= 4 is 35.9 Å². The summed E-state index contributed by atoms with van der Waals surface area (Å²) in [7, 11) is 1.26. The van der Waals surface area contributed by atoms with Crippen molar-refractivity contribution in [2.24, 2.45) is 5.92 Å². The number of hydrogen-bond acceptors (Lipinski definition) is 5. The lowest BCUT2D eigenvalue weighted by molar-refractivity contribution is -0.139. The molecule has 0 bridgehead atoms. The van der Waals surface area contributed by atoms with Crippen LogP contribution in [0, 0.1) is 5.92 Å². The average Bonchev–Trinajstić information content (AvgIpc) is 3.10. The number of halogens is 1. The summed E-state index contributed by atoms with van der Waals surface area (Å²) in [6.07, 6.45) is 5.75. The smallest absolute Gasteiger partial charge is 0.325 e. The molecule has 2 amide bonds. The molecule has 1 saturated carbocycles. The molecule has 1 saturated heterocycles. The number of amides is 2. The van der Waals surface area contributed by atoms with Gasteiger partial charge in [-0.05, 0) is 49.4 Å². The first-order valence-corrected chi connectivity index (χ1v) is 9.09. The van der Waals surface area contributed by atoms with Gasteiger partial charge >= 0.3 is 5.97 Å². The predicted octanol–water partition coefficient (Wildman–Crippen LogP) is 1.87. The van der Waals surface area contributed by atoms with Crippen LogP contribution in [0.5, 0.6) is 0 Å². The second kappa shape index (κ2) is 9.71. The molecule has 0 spiro atoms. The standard InChI is InChI=1S/C19H25N3O4.ClH/c1-26-17(23)11-20-18(24)12-6-8-14(9-7-12)21-19(25)16-10-13-4-2-3-5-15(13)22-16;/h6-9,13,15-16,22H,2-5,10-11H2,1H3,(H,20,24)(H,21,25);1H. The van der Waals surface area contributed by atoms with Crippen LogP contribution < -0.4 is 16.0 Å². The molecule has 3 atom stereocenters. The molecule has 2 fully saturated rings. The van der Waals surface area contributed by atoms with Crippen molar-refractivity contribution < 1.29 is 19.1 Å². The summed E-state index contributed by atoms with van der Waals surface area (Å²) in [6.45, 7) is -0.177. The largest absolute Gasteiger partial charge is 0.468 e. The van der Waals surface area contributed by atoms with Crippen LogP contribution in [0.1, 0.15) is 42.5 Å². The average molecular weight is 396 g/mol. The zero-order valence-electron chi connectivity index (χ0n) is 15.3. The highest BCUT2D eigenvalue weighted by Gasteiger charge is 2.38. The van der Waals surface area contributed by atoms with Gasteiger partial charge in [0.1, 0.15) is 6.54 Å². The van der Waals surface area contributed by atoms with Crippen molar-refractivity contribution in [3.05, 3.63) is 29.8 Å². The number of carbonyl (C=O) groups is 3. The summed E-state index contributed by atoms with van der Waals surface area (Å²) < 4.78 is 4.48. The van der Waals surface area contributed by atoms with Crippen molar-refractivity contribution in [3.8, 4) is 0 Å². The lowest BCUT2D eigenvalue weighted by Gasteiger charge is -2.24. The highest BCUT2D eigenvalue weighted by atomic mass is 35.5. The maximum Gasteiger partial charge on any atom is 0.325 e. The van der Waals surface area contributed by atoms with Crippen molar-refractivity contribution in [3.63, 3.8) is 0 Å². The molecule has 3 N–H and O–H groups in total. The Morgan fingerprint density at radius 3 is 2.52 bits per heavy atom. The lowest BCUT2D eigenvalue weighted by atomic mass is 9.85. The fraction of sp³-hybridized carbons (Fsp3) is 0.526. The van der Waals surface area contributed by atoms with Gasteiger partial charge in [0, 0.05) is 17.3 Å². The third kappa shape index (κ3) is 5.43. The molecule has 2 aliphatic rings. The molecule has 1 heterocycles. The second-order valence-electron chi connectivity index (χ2n) is 6.93. The van der Waals surface area contributed by atoms with Gasteiger partial charge in [0.15, 0.2) is 0 Å². The summed E-state index contributed by atoms with van der Waals surface area (Å²) in [5, 5.41) is 8.84. The number of esters is 1. The number of methoxy groups -OCH3 is 1. The predicted molar refractivity (Wildman–Crippen MR) is 104 cm³/mol. The van der Waals surface area contributed by atoms with Gasteiger partial charge in [-0.2, -0.15) is 0 Å². The van der Waals surface area contributed by atoms with E-state index in [1.54, 1.807) is 24.3 Å². The van der Waals surface area contributed by atoms with Crippen molar-refractivity contribution in [1.29, 1.82) is 0 Å². The number of hydrogen-bond donors (Lipinski definition) is 3. The molecule has 1 aliphatic heterocycles. The first-order valence-electron chi connectivity index (χ1n) is 9.09. The minimum absolute atomic E-state index is 0. The third-order valence-electron chi connectivity index (χ3n) is 5.21. The van der Waals surface area contributed by atoms with E-state index in [9.17, 15) is 14.4 Å². The summed E-state index contributed by atoms with van der Waals surface area (Å²) in [6, 6.07) is 6.93. The monoisotopic (exact) mass is 395 g/mol. The zero-order valence-corrected chi connectivity index (χ0v) is 16.1. The summed E-state index contributed by atoms with van der Waals surface area (Å²) >= 11 is 0. The topological polar surface area (TPSA) is 96.5 Å². The van der Waals surface area contributed by atoms with Gasteiger partial charge in [0.2, 0.25) is 5.91 Å². The fourth-order valence-corrected chi connectivity index (χ4v) is 3.78. The molecule has 1 aromatic rings. The quantitative estimate of drug-likeness (QED) is 0.661. The van der Waals surface area contributed by atoms with Crippen LogP contribution in [-0.4, -0.2) is 43.5 Å². The van der Waals surface area contributed by atoms with E-state index in [-0.39, 0.29) is 36.8 Å². The van der Waals surface area contributed by atoms with Gasteiger partial charge in [-0.1, -0.05) is 12.8 Å². The SMILES string of the molecule is COC(=O)CNC(=O)c1ccc(NC(=O)C2CC3CCCCC3N2)cc1.Cl. The van der Waals surface area contributed by atoms with Crippen molar-refractivity contribution in [2.75, 3.05) is 19.0 Å². The van der Waals surface area contributed by atoms with Crippen LogP contribution >= 0.6 is 12.4 Å². The van der Waals surface area contributed by atoms with E-state index in [0.717, 1.165) is 12.8 Å². The Morgan fingerprint density at radius 1 is 1.15 bits per heavy atom. The molecule has 3 unspecified atom stereocenters. The molecule has 3 rings (SSSR count). The van der Waals surface area contributed by atoms with E-state index in [0.29, 0.717) is 23.2 Å². The van der Waals surface area contributed by atoms with Crippen LogP contribution in [-0.2, 0) is 14.3 Å². The van der Waals surface area contributed by atoms with Crippen LogP contribution in [0.15, 0.2) is 24.3 Å². The normalized spacial score (nSPS) is 23.5. The minimum Gasteiger partial charge on any atom is -0.468 e. The number of anilines is 1. The van der Waals surface area contributed by atoms with E-state index in [1.807, 2.05) is 0 Å². The van der Waals surface area contributed by atoms with E-state index in [2.05, 4.69) is 20.7 Å². The van der Waals surface area contributed by atoms with Crippen molar-refractivity contribution in [1.82, 2.24) is 10.6 Å². The zero-order chi connectivity index (χ0) is 18.5. The maximum absolute atomic E-state index is 12.5. The highest BCUT2D eigenvalue weighted by Crippen LogP contribution is 2.33. The molecule has 0 aromatic heterocycles. The number of ether oxygens (including phenoxy) is 1.